The third-order valence-electron chi connectivity index (χ3n) is 6.12. The Balaban J connectivity index is 1.52. The van der Waals surface area contributed by atoms with Gasteiger partial charge in [-0.2, -0.15) is 0 Å². The van der Waals surface area contributed by atoms with Crippen molar-refractivity contribution in [1.82, 2.24) is 14.8 Å². The van der Waals surface area contributed by atoms with E-state index in [0.717, 1.165) is 32.5 Å². The zero-order valence-corrected chi connectivity index (χ0v) is 14.8. The standard InChI is InChI=1S/C21H25N3O/c1-23-20(25)14-19(18-7-3-2-4-8-18)21(23)9-12-24(13-10-21)16-17-6-5-11-22-15-17/h2-8,11,15,19H,9-10,12-14,16H2,1H3/t19-/m0/s1. The highest BCUT2D eigenvalue weighted by molar-refractivity contribution is 5.81. The van der Waals surface area contributed by atoms with Crippen LogP contribution in [0.1, 0.15) is 36.3 Å². The first-order valence-corrected chi connectivity index (χ1v) is 9.12. The molecule has 0 radical (unpaired) electrons. The molecule has 4 rings (SSSR count). The van der Waals surface area contributed by atoms with Crippen LogP contribution in [0.3, 0.4) is 0 Å². The minimum atomic E-state index is -0.0239. The van der Waals surface area contributed by atoms with Gasteiger partial charge in [0.25, 0.3) is 0 Å². The molecule has 0 saturated carbocycles. The average Bonchev–Trinajstić information content (AvgIpc) is 2.90. The predicted molar refractivity (Wildman–Crippen MR) is 98.0 cm³/mol. The SMILES string of the molecule is CN1C(=O)C[C@@H](c2ccccc2)C12CCN(Cc1cccnc1)CC2. The molecule has 2 aliphatic rings. The molecule has 2 fully saturated rings. The maximum atomic E-state index is 12.5. The summed E-state index contributed by atoms with van der Waals surface area (Å²) in [6.45, 7) is 2.99. The number of aromatic nitrogens is 1. The van der Waals surface area contributed by atoms with E-state index in [9.17, 15) is 4.79 Å². The van der Waals surface area contributed by atoms with Gasteiger partial charge in [0.15, 0.2) is 0 Å². The second-order valence-corrected chi connectivity index (χ2v) is 7.36. The zero-order chi connectivity index (χ0) is 17.3. The first-order chi connectivity index (χ1) is 12.2. The molecule has 1 atom stereocenters. The van der Waals surface area contributed by atoms with Crippen LogP contribution in [0.2, 0.25) is 0 Å². The molecular weight excluding hydrogens is 310 g/mol. The number of hydrogen-bond acceptors (Lipinski definition) is 3. The van der Waals surface area contributed by atoms with E-state index < -0.39 is 0 Å². The molecule has 4 heteroatoms. The molecule has 2 aliphatic heterocycles. The van der Waals surface area contributed by atoms with Crippen molar-refractivity contribution in [1.29, 1.82) is 0 Å². The Labute approximate surface area is 149 Å². The van der Waals surface area contributed by atoms with Crippen molar-refractivity contribution in [3.05, 3.63) is 66.0 Å². The van der Waals surface area contributed by atoms with Gasteiger partial charge in [-0.05, 0) is 30.0 Å². The summed E-state index contributed by atoms with van der Waals surface area (Å²) >= 11 is 0. The first kappa shape index (κ1) is 16.3. The molecular formula is C21H25N3O. The number of likely N-dealkylation sites (N-methyl/N-ethyl adjacent to an activating group) is 1. The van der Waals surface area contributed by atoms with Crippen LogP contribution < -0.4 is 0 Å². The molecule has 2 aromatic rings. The number of amides is 1. The number of likely N-dealkylation sites (tertiary alicyclic amines) is 2. The second kappa shape index (κ2) is 6.60. The van der Waals surface area contributed by atoms with E-state index >= 15 is 0 Å². The van der Waals surface area contributed by atoms with Crippen molar-refractivity contribution in [2.75, 3.05) is 20.1 Å². The lowest BCUT2D eigenvalue weighted by Crippen LogP contribution is -2.53. The molecule has 0 bridgehead atoms. The lowest BCUT2D eigenvalue weighted by Gasteiger charge is -2.47. The molecule has 1 spiro atoms. The highest BCUT2D eigenvalue weighted by Crippen LogP contribution is 2.48. The van der Waals surface area contributed by atoms with Gasteiger partial charge in [0, 0.05) is 51.4 Å². The Morgan fingerprint density at radius 3 is 2.56 bits per heavy atom. The van der Waals surface area contributed by atoms with E-state index in [1.54, 1.807) is 0 Å². The lowest BCUT2D eigenvalue weighted by atomic mass is 9.73. The van der Waals surface area contributed by atoms with Crippen LogP contribution in [-0.2, 0) is 11.3 Å². The largest absolute Gasteiger partial charge is 0.339 e. The highest BCUT2D eigenvalue weighted by atomic mass is 16.2. The van der Waals surface area contributed by atoms with E-state index in [1.165, 1.54) is 11.1 Å². The highest BCUT2D eigenvalue weighted by Gasteiger charge is 2.52. The monoisotopic (exact) mass is 335 g/mol. The molecule has 3 heterocycles. The van der Waals surface area contributed by atoms with E-state index in [4.69, 9.17) is 0 Å². The van der Waals surface area contributed by atoms with Crippen LogP contribution in [0.4, 0.5) is 0 Å². The third-order valence-corrected chi connectivity index (χ3v) is 6.12. The fourth-order valence-electron chi connectivity index (χ4n) is 4.63. The van der Waals surface area contributed by atoms with Gasteiger partial charge < -0.3 is 4.90 Å². The number of piperidine rings is 1. The molecule has 2 saturated heterocycles. The second-order valence-electron chi connectivity index (χ2n) is 7.36. The van der Waals surface area contributed by atoms with Crippen molar-refractivity contribution >= 4 is 5.91 Å². The molecule has 4 nitrogen and oxygen atoms in total. The van der Waals surface area contributed by atoms with Crippen molar-refractivity contribution in [2.24, 2.45) is 0 Å². The Morgan fingerprint density at radius 2 is 1.88 bits per heavy atom. The maximum Gasteiger partial charge on any atom is 0.223 e. The van der Waals surface area contributed by atoms with Gasteiger partial charge >= 0.3 is 0 Å². The van der Waals surface area contributed by atoms with Gasteiger partial charge in [-0.3, -0.25) is 14.7 Å². The topological polar surface area (TPSA) is 36.4 Å². The predicted octanol–water partition coefficient (Wildman–Crippen LogP) is 3.06. The van der Waals surface area contributed by atoms with E-state index in [0.29, 0.717) is 12.3 Å². The van der Waals surface area contributed by atoms with E-state index in [-0.39, 0.29) is 11.4 Å². The smallest absolute Gasteiger partial charge is 0.223 e. The number of nitrogens with zero attached hydrogens (tertiary/aromatic N) is 3. The summed E-state index contributed by atoms with van der Waals surface area (Å²) in [5.41, 5.74) is 2.54. The number of hydrogen-bond donors (Lipinski definition) is 0. The Bertz CT molecular complexity index is 723. The van der Waals surface area contributed by atoms with E-state index in [2.05, 4.69) is 40.2 Å². The van der Waals surface area contributed by atoms with Crippen LogP contribution in [-0.4, -0.2) is 46.4 Å². The van der Waals surface area contributed by atoms with Crippen molar-refractivity contribution in [3.8, 4) is 0 Å². The van der Waals surface area contributed by atoms with Gasteiger partial charge in [0.2, 0.25) is 5.91 Å². The number of rotatable bonds is 3. The zero-order valence-electron chi connectivity index (χ0n) is 14.8. The van der Waals surface area contributed by atoms with Crippen LogP contribution in [0, 0.1) is 0 Å². The van der Waals surface area contributed by atoms with Gasteiger partial charge in [0.1, 0.15) is 0 Å². The summed E-state index contributed by atoms with van der Waals surface area (Å²) in [5.74, 6) is 0.598. The summed E-state index contributed by atoms with van der Waals surface area (Å²) < 4.78 is 0. The first-order valence-electron chi connectivity index (χ1n) is 9.12. The summed E-state index contributed by atoms with van der Waals surface area (Å²) in [7, 11) is 2.00. The molecule has 0 unspecified atom stereocenters. The maximum absolute atomic E-state index is 12.5. The number of benzene rings is 1. The molecule has 0 aliphatic carbocycles. The average molecular weight is 335 g/mol. The fraction of sp³-hybridized carbons (Fsp3) is 0.429. The van der Waals surface area contributed by atoms with Crippen molar-refractivity contribution in [3.63, 3.8) is 0 Å². The minimum absolute atomic E-state index is 0.0239. The van der Waals surface area contributed by atoms with Gasteiger partial charge in [-0.1, -0.05) is 36.4 Å². The number of pyridine rings is 1. The van der Waals surface area contributed by atoms with Crippen molar-refractivity contribution in [2.45, 2.75) is 37.3 Å². The number of carbonyl (C=O) groups excluding carboxylic acids is 1. The summed E-state index contributed by atoms with van der Waals surface area (Å²) in [6.07, 6.45) is 6.48. The van der Waals surface area contributed by atoms with Crippen LogP contribution in [0.25, 0.3) is 0 Å². The summed E-state index contributed by atoms with van der Waals surface area (Å²) in [5, 5.41) is 0. The molecule has 1 aromatic carbocycles. The summed E-state index contributed by atoms with van der Waals surface area (Å²) in [6, 6.07) is 14.7. The fourth-order valence-corrected chi connectivity index (χ4v) is 4.63. The van der Waals surface area contributed by atoms with Crippen LogP contribution in [0.15, 0.2) is 54.9 Å². The third kappa shape index (κ3) is 2.95. The van der Waals surface area contributed by atoms with Gasteiger partial charge in [-0.25, -0.2) is 0 Å². The van der Waals surface area contributed by atoms with Gasteiger partial charge in [-0.15, -0.1) is 0 Å². The lowest BCUT2D eigenvalue weighted by molar-refractivity contribution is -0.130. The van der Waals surface area contributed by atoms with E-state index in [1.807, 2.05) is 36.5 Å². The normalized spacial score (nSPS) is 23.3. The van der Waals surface area contributed by atoms with Gasteiger partial charge in [0.05, 0.1) is 5.54 Å². The minimum Gasteiger partial charge on any atom is -0.339 e. The Hall–Kier alpha value is -2.20. The molecule has 1 aromatic heterocycles. The Kier molecular flexibility index (Phi) is 4.30. The molecule has 25 heavy (non-hydrogen) atoms. The molecule has 130 valence electrons. The van der Waals surface area contributed by atoms with Crippen molar-refractivity contribution < 1.29 is 4.79 Å². The quantitative estimate of drug-likeness (QED) is 0.865. The van der Waals surface area contributed by atoms with Crippen LogP contribution in [0.5, 0.6) is 0 Å². The number of carbonyl (C=O) groups is 1. The van der Waals surface area contributed by atoms with Crippen LogP contribution >= 0.6 is 0 Å². The Morgan fingerprint density at radius 1 is 1.12 bits per heavy atom. The summed E-state index contributed by atoms with van der Waals surface area (Å²) in [4.78, 5) is 21.3. The molecule has 1 amide bonds. The molecule has 0 N–H and O–H groups in total.